The Balaban J connectivity index is 1.67. The third-order valence-corrected chi connectivity index (χ3v) is 5.51. The Morgan fingerprint density at radius 3 is 2.88 bits per heavy atom. The van der Waals surface area contributed by atoms with Gasteiger partial charge in [-0.25, -0.2) is 4.79 Å². The van der Waals surface area contributed by atoms with Crippen LogP contribution in [0.15, 0.2) is 40.6 Å². The van der Waals surface area contributed by atoms with Crippen molar-refractivity contribution in [1.29, 1.82) is 0 Å². The number of fused-ring (bicyclic) bond motifs is 1. The molecule has 0 fully saturated rings. The van der Waals surface area contributed by atoms with Crippen LogP contribution in [0.2, 0.25) is 0 Å². The lowest BCUT2D eigenvalue weighted by atomic mass is 10.2. The Morgan fingerprint density at radius 2 is 2.08 bits per heavy atom. The monoisotopic (exact) mass is 362 g/mol. The van der Waals surface area contributed by atoms with E-state index in [-0.39, 0.29) is 18.2 Å². The molecule has 0 saturated carbocycles. The van der Waals surface area contributed by atoms with E-state index in [1.54, 1.807) is 11.4 Å². The SMILES string of the molecule is COC(=O)c1ccsc1NC(=O)C[C@@H]1Sc2ccccc2NC1=O. The maximum absolute atomic E-state index is 12.2. The van der Waals surface area contributed by atoms with Gasteiger partial charge in [0.1, 0.15) is 5.00 Å². The zero-order valence-corrected chi connectivity index (χ0v) is 14.3. The van der Waals surface area contributed by atoms with E-state index in [1.807, 2.05) is 24.3 Å². The first-order valence-electron chi connectivity index (χ1n) is 7.10. The first kappa shape index (κ1) is 16.5. The van der Waals surface area contributed by atoms with Crippen molar-refractivity contribution in [2.45, 2.75) is 16.6 Å². The number of carbonyl (C=O) groups is 3. The van der Waals surface area contributed by atoms with E-state index in [9.17, 15) is 14.4 Å². The van der Waals surface area contributed by atoms with Crippen LogP contribution in [0.4, 0.5) is 10.7 Å². The van der Waals surface area contributed by atoms with Crippen molar-refractivity contribution in [1.82, 2.24) is 0 Å². The summed E-state index contributed by atoms with van der Waals surface area (Å²) in [7, 11) is 1.28. The molecule has 124 valence electrons. The molecule has 1 aromatic heterocycles. The van der Waals surface area contributed by atoms with Crippen LogP contribution < -0.4 is 10.6 Å². The standard InChI is InChI=1S/C16H14N2O4S2/c1-22-16(21)9-6-7-23-15(9)18-13(19)8-12-14(20)17-10-4-2-3-5-11(10)24-12/h2-7,12H,8H2,1H3,(H,17,20)(H,18,19)/t12-/m0/s1. The second-order valence-corrected chi connectivity index (χ2v) is 7.16. The molecule has 1 aliphatic heterocycles. The Bertz CT molecular complexity index is 803. The normalized spacial score (nSPS) is 16.0. The summed E-state index contributed by atoms with van der Waals surface area (Å²) in [6, 6.07) is 9.04. The fourth-order valence-electron chi connectivity index (χ4n) is 2.25. The Labute approximate surface area is 146 Å². The predicted molar refractivity (Wildman–Crippen MR) is 93.6 cm³/mol. The summed E-state index contributed by atoms with van der Waals surface area (Å²) in [6.45, 7) is 0. The molecule has 3 rings (SSSR count). The molecule has 6 nitrogen and oxygen atoms in total. The molecular formula is C16H14N2O4S2. The van der Waals surface area contributed by atoms with Crippen LogP contribution in [-0.2, 0) is 14.3 Å². The summed E-state index contributed by atoms with van der Waals surface area (Å²) in [5.41, 5.74) is 1.07. The second-order valence-electron chi connectivity index (χ2n) is 5.00. The number of hydrogen-bond acceptors (Lipinski definition) is 6. The van der Waals surface area contributed by atoms with Gasteiger partial charge in [0.15, 0.2) is 0 Å². The Morgan fingerprint density at radius 1 is 1.29 bits per heavy atom. The maximum atomic E-state index is 12.2. The minimum atomic E-state index is -0.513. The highest BCUT2D eigenvalue weighted by atomic mass is 32.2. The van der Waals surface area contributed by atoms with E-state index in [2.05, 4.69) is 15.4 Å². The lowest BCUT2D eigenvalue weighted by Crippen LogP contribution is -2.32. The Hall–Kier alpha value is -2.32. The number of benzene rings is 1. The molecular weight excluding hydrogens is 348 g/mol. The zero-order valence-electron chi connectivity index (χ0n) is 12.7. The molecule has 0 radical (unpaired) electrons. The first-order valence-corrected chi connectivity index (χ1v) is 8.86. The summed E-state index contributed by atoms with van der Waals surface area (Å²) >= 11 is 2.59. The van der Waals surface area contributed by atoms with Crippen LogP contribution in [-0.4, -0.2) is 30.1 Å². The number of esters is 1. The summed E-state index contributed by atoms with van der Waals surface area (Å²) in [6.07, 6.45) is 0.0172. The van der Waals surface area contributed by atoms with Crippen LogP contribution in [0.5, 0.6) is 0 Å². The van der Waals surface area contributed by atoms with Gasteiger partial charge in [0, 0.05) is 11.3 Å². The van der Waals surface area contributed by atoms with Crippen molar-refractivity contribution in [2.75, 3.05) is 17.7 Å². The number of hydrogen-bond donors (Lipinski definition) is 2. The van der Waals surface area contributed by atoms with Gasteiger partial charge in [-0.2, -0.15) is 0 Å². The number of carbonyl (C=O) groups excluding carboxylic acids is 3. The Kier molecular flexibility index (Phi) is 4.86. The van der Waals surface area contributed by atoms with E-state index >= 15 is 0 Å². The lowest BCUT2D eigenvalue weighted by Gasteiger charge is -2.23. The molecule has 1 aliphatic rings. The van der Waals surface area contributed by atoms with Crippen LogP contribution >= 0.6 is 23.1 Å². The van der Waals surface area contributed by atoms with Crippen molar-refractivity contribution in [3.8, 4) is 0 Å². The van der Waals surface area contributed by atoms with Crippen molar-refractivity contribution in [2.24, 2.45) is 0 Å². The van der Waals surface area contributed by atoms with Crippen LogP contribution in [0.3, 0.4) is 0 Å². The highest BCUT2D eigenvalue weighted by Gasteiger charge is 2.29. The van der Waals surface area contributed by atoms with Crippen LogP contribution in [0.25, 0.3) is 0 Å². The van der Waals surface area contributed by atoms with Gasteiger partial charge in [0.2, 0.25) is 11.8 Å². The van der Waals surface area contributed by atoms with Crippen molar-refractivity contribution in [3.63, 3.8) is 0 Å². The minimum absolute atomic E-state index is 0.0172. The van der Waals surface area contributed by atoms with Crippen molar-refractivity contribution < 1.29 is 19.1 Å². The molecule has 0 spiro atoms. The molecule has 1 atom stereocenters. The van der Waals surface area contributed by atoms with E-state index in [4.69, 9.17) is 0 Å². The molecule has 2 heterocycles. The maximum Gasteiger partial charge on any atom is 0.340 e. The van der Waals surface area contributed by atoms with Crippen molar-refractivity contribution in [3.05, 3.63) is 41.3 Å². The third-order valence-electron chi connectivity index (χ3n) is 3.40. The average Bonchev–Trinajstić information content (AvgIpc) is 3.02. The topological polar surface area (TPSA) is 84.5 Å². The first-order chi connectivity index (χ1) is 11.6. The van der Waals surface area contributed by atoms with Gasteiger partial charge in [0.05, 0.1) is 23.6 Å². The minimum Gasteiger partial charge on any atom is -0.465 e. The number of nitrogens with one attached hydrogen (secondary N) is 2. The number of ether oxygens (including phenoxy) is 1. The molecule has 0 aliphatic carbocycles. The molecule has 8 heteroatoms. The number of para-hydroxylation sites is 1. The third kappa shape index (κ3) is 3.44. The lowest BCUT2D eigenvalue weighted by molar-refractivity contribution is -0.120. The highest BCUT2D eigenvalue weighted by molar-refractivity contribution is 8.01. The van der Waals surface area contributed by atoms with E-state index < -0.39 is 11.2 Å². The van der Waals surface area contributed by atoms with Crippen LogP contribution in [0.1, 0.15) is 16.8 Å². The number of rotatable bonds is 4. The molecule has 24 heavy (non-hydrogen) atoms. The predicted octanol–water partition coefficient (Wildman–Crippen LogP) is 2.98. The molecule has 2 amide bonds. The molecule has 2 N–H and O–H groups in total. The summed E-state index contributed by atoms with van der Waals surface area (Å²) < 4.78 is 4.67. The van der Waals surface area contributed by atoms with Gasteiger partial charge >= 0.3 is 5.97 Å². The number of amides is 2. The molecule has 0 bridgehead atoms. The van der Waals surface area contributed by atoms with Crippen molar-refractivity contribution >= 4 is 51.6 Å². The second kappa shape index (κ2) is 7.06. The molecule has 2 aromatic rings. The van der Waals surface area contributed by atoms with Gasteiger partial charge in [-0.15, -0.1) is 23.1 Å². The number of methoxy groups -OCH3 is 1. The van der Waals surface area contributed by atoms with Gasteiger partial charge in [-0.1, -0.05) is 12.1 Å². The van der Waals surface area contributed by atoms with Crippen LogP contribution in [0, 0.1) is 0 Å². The fraction of sp³-hybridized carbons (Fsp3) is 0.188. The summed E-state index contributed by atoms with van der Waals surface area (Å²) in [4.78, 5) is 36.9. The largest absolute Gasteiger partial charge is 0.465 e. The number of anilines is 2. The average molecular weight is 362 g/mol. The quantitative estimate of drug-likeness (QED) is 0.817. The number of thiophene rings is 1. The van der Waals surface area contributed by atoms with Gasteiger partial charge < -0.3 is 15.4 Å². The summed E-state index contributed by atoms with van der Waals surface area (Å²) in [5, 5.41) is 7.09. The summed E-state index contributed by atoms with van der Waals surface area (Å²) in [5.74, 6) is -1.03. The van der Waals surface area contributed by atoms with E-state index in [1.165, 1.54) is 30.2 Å². The van der Waals surface area contributed by atoms with Gasteiger partial charge in [-0.3, -0.25) is 9.59 Å². The smallest absolute Gasteiger partial charge is 0.340 e. The molecule has 0 unspecified atom stereocenters. The molecule has 0 saturated heterocycles. The van der Waals surface area contributed by atoms with Gasteiger partial charge in [-0.05, 0) is 23.6 Å². The van der Waals surface area contributed by atoms with E-state index in [0.29, 0.717) is 10.6 Å². The zero-order chi connectivity index (χ0) is 17.1. The molecule has 1 aromatic carbocycles. The fourth-order valence-corrected chi connectivity index (χ4v) is 4.15. The highest BCUT2D eigenvalue weighted by Crippen LogP contribution is 2.36. The number of thioether (sulfide) groups is 1. The van der Waals surface area contributed by atoms with Gasteiger partial charge in [0.25, 0.3) is 0 Å². The van der Waals surface area contributed by atoms with E-state index in [0.717, 1.165) is 10.6 Å².